The van der Waals surface area contributed by atoms with Crippen molar-refractivity contribution in [2.45, 2.75) is 19.9 Å². The number of hydrogen-bond donors (Lipinski definition) is 2. The number of methoxy groups -OCH3 is 3. The molecule has 0 unspecified atom stereocenters. The molecular weight excluding hydrogens is 367 g/mol. The number of rotatable bonds is 7. The summed E-state index contributed by atoms with van der Waals surface area (Å²) in [4.78, 5) is 24.9. The third-order valence-electron chi connectivity index (χ3n) is 4.13. The number of halogens is 1. The molecule has 2 N–H and O–H groups in total. The van der Waals surface area contributed by atoms with E-state index in [1.165, 1.54) is 52.5 Å². The predicted octanol–water partition coefficient (Wildman–Crippen LogP) is 2.92. The number of nitrogens with one attached hydrogen (secondary N) is 2. The summed E-state index contributed by atoms with van der Waals surface area (Å²) >= 11 is 0. The van der Waals surface area contributed by atoms with Gasteiger partial charge in [0.15, 0.2) is 11.5 Å². The second-order valence-electron chi connectivity index (χ2n) is 6.06. The molecule has 0 fully saturated rings. The molecule has 2 rings (SSSR count). The number of benzene rings is 2. The molecule has 0 spiro atoms. The van der Waals surface area contributed by atoms with Crippen LogP contribution in [0.4, 0.5) is 10.1 Å². The zero-order valence-electron chi connectivity index (χ0n) is 16.4. The summed E-state index contributed by atoms with van der Waals surface area (Å²) in [6.07, 6.45) is 0. The quantitative estimate of drug-likeness (QED) is 0.759. The van der Waals surface area contributed by atoms with E-state index in [4.69, 9.17) is 14.2 Å². The van der Waals surface area contributed by atoms with Gasteiger partial charge in [0.2, 0.25) is 11.7 Å². The first kappa shape index (κ1) is 21.0. The van der Waals surface area contributed by atoms with E-state index in [9.17, 15) is 14.0 Å². The van der Waals surface area contributed by atoms with Gasteiger partial charge in [-0.2, -0.15) is 0 Å². The maximum Gasteiger partial charge on any atom is 0.252 e. The van der Waals surface area contributed by atoms with Gasteiger partial charge in [0, 0.05) is 11.3 Å². The average Bonchev–Trinajstić information content (AvgIpc) is 2.69. The van der Waals surface area contributed by atoms with Gasteiger partial charge in [-0.05, 0) is 43.7 Å². The Balaban J connectivity index is 2.15. The summed E-state index contributed by atoms with van der Waals surface area (Å²) in [6, 6.07) is 6.19. The smallest absolute Gasteiger partial charge is 0.252 e. The molecule has 0 saturated heterocycles. The first-order valence-electron chi connectivity index (χ1n) is 8.48. The molecule has 0 heterocycles. The highest BCUT2D eigenvalue weighted by atomic mass is 19.1. The van der Waals surface area contributed by atoms with E-state index in [1.54, 1.807) is 13.0 Å². The molecule has 2 aromatic rings. The number of ether oxygens (including phenoxy) is 3. The van der Waals surface area contributed by atoms with Gasteiger partial charge in [-0.15, -0.1) is 0 Å². The van der Waals surface area contributed by atoms with E-state index in [-0.39, 0.29) is 5.56 Å². The molecular formula is C20H23FN2O5. The lowest BCUT2D eigenvalue weighted by Crippen LogP contribution is -2.41. The van der Waals surface area contributed by atoms with Crippen LogP contribution in [0, 0.1) is 12.7 Å². The molecule has 0 bridgehead atoms. The lowest BCUT2D eigenvalue weighted by atomic mass is 10.1. The third kappa shape index (κ3) is 4.70. The van der Waals surface area contributed by atoms with Crippen LogP contribution in [0.15, 0.2) is 30.3 Å². The van der Waals surface area contributed by atoms with E-state index in [2.05, 4.69) is 10.6 Å². The standard InChI is InChI=1S/C20H23FN2O5/c1-11-6-7-14(21)10-15(11)23-19(24)12(2)22-20(25)13-8-16(26-3)18(28-5)17(9-13)27-4/h6-10,12H,1-5H3,(H,22,25)(H,23,24)/t12-/m0/s1. The van der Waals surface area contributed by atoms with Crippen molar-refractivity contribution in [3.8, 4) is 17.2 Å². The van der Waals surface area contributed by atoms with Gasteiger partial charge in [0.1, 0.15) is 11.9 Å². The number of aryl methyl sites for hydroxylation is 1. The Bertz CT molecular complexity index is 860. The van der Waals surface area contributed by atoms with Crippen molar-refractivity contribution in [3.05, 3.63) is 47.3 Å². The van der Waals surface area contributed by atoms with E-state index < -0.39 is 23.7 Å². The van der Waals surface area contributed by atoms with Crippen molar-refractivity contribution < 1.29 is 28.2 Å². The molecule has 0 saturated carbocycles. The fourth-order valence-corrected chi connectivity index (χ4v) is 2.53. The largest absolute Gasteiger partial charge is 0.493 e. The van der Waals surface area contributed by atoms with Crippen LogP contribution in [-0.4, -0.2) is 39.2 Å². The maximum atomic E-state index is 13.4. The number of hydrogen-bond acceptors (Lipinski definition) is 5. The Hall–Kier alpha value is -3.29. The van der Waals surface area contributed by atoms with Crippen LogP contribution < -0.4 is 24.8 Å². The normalized spacial score (nSPS) is 11.4. The highest BCUT2D eigenvalue weighted by molar-refractivity contribution is 6.01. The molecule has 2 aromatic carbocycles. The number of anilines is 1. The van der Waals surface area contributed by atoms with Crippen molar-refractivity contribution in [1.29, 1.82) is 0 Å². The summed E-state index contributed by atoms with van der Waals surface area (Å²) in [5.41, 5.74) is 1.29. The minimum absolute atomic E-state index is 0.232. The van der Waals surface area contributed by atoms with Crippen molar-refractivity contribution in [2.24, 2.45) is 0 Å². The molecule has 1 atom stereocenters. The Kier molecular flexibility index (Phi) is 6.81. The summed E-state index contributed by atoms with van der Waals surface area (Å²) in [6.45, 7) is 3.27. The van der Waals surface area contributed by atoms with Gasteiger partial charge in [0.25, 0.3) is 5.91 Å². The van der Waals surface area contributed by atoms with Gasteiger partial charge in [-0.25, -0.2) is 4.39 Å². The van der Waals surface area contributed by atoms with Crippen LogP contribution in [0.2, 0.25) is 0 Å². The molecule has 7 nitrogen and oxygen atoms in total. The van der Waals surface area contributed by atoms with Crippen molar-refractivity contribution in [2.75, 3.05) is 26.6 Å². The topological polar surface area (TPSA) is 85.9 Å². The number of amides is 2. The monoisotopic (exact) mass is 390 g/mol. The molecule has 0 aliphatic heterocycles. The minimum Gasteiger partial charge on any atom is -0.493 e. The fraction of sp³-hybridized carbons (Fsp3) is 0.300. The SMILES string of the molecule is COc1cc(C(=O)N[C@@H](C)C(=O)Nc2cc(F)ccc2C)cc(OC)c1OC. The second-order valence-corrected chi connectivity index (χ2v) is 6.06. The molecule has 0 radical (unpaired) electrons. The lowest BCUT2D eigenvalue weighted by Gasteiger charge is -2.17. The molecule has 0 aliphatic rings. The zero-order valence-corrected chi connectivity index (χ0v) is 16.4. The summed E-state index contributed by atoms with van der Waals surface area (Å²) in [5, 5.41) is 5.20. The van der Waals surface area contributed by atoms with Gasteiger partial charge in [-0.1, -0.05) is 6.07 Å². The van der Waals surface area contributed by atoms with Crippen LogP contribution >= 0.6 is 0 Å². The Morgan fingerprint density at radius 2 is 1.61 bits per heavy atom. The van der Waals surface area contributed by atoms with E-state index in [0.29, 0.717) is 28.5 Å². The van der Waals surface area contributed by atoms with Crippen molar-refractivity contribution in [3.63, 3.8) is 0 Å². The number of carbonyl (C=O) groups is 2. The van der Waals surface area contributed by atoms with Crippen molar-refractivity contribution >= 4 is 17.5 Å². The molecule has 0 aromatic heterocycles. The van der Waals surface area contributed by atoms with E-state index in [1.807, 2.05) is 0 Å². The summed E-state index contributed by atoms with van der Waals surface area (Å²) < 4.78 is 29.1. The van der Waals surface area contributed by atoms with Crippen LogP contribution in [0.25, 0.3) is 0 Å². The fourth-order valence-electron chi connectivity index (χ4n) is 2.53. The minimum atomic E-state index is -0.866. The molecule has 2 amide bonds. The first-order chi connectivity index (χ1) is 13.3. The van der Waals surface area contributed by atoms with Crippen LogP contribution in [-0.2, 0) is 4.79 Å². The van der Waals surface area contributed by atoms with Crippen molar-refractivity contribution in [1.82, 2.24) is 5.32 Å². The molecule has 150 valence electrons. The lowest BCUT2D eigenvalue weighted by molar-refractivity contribution is -0.117. The Morgan fingerprint density at radius 3 is 2.14 bits per heavy atom. The van der Waals surface area contributed by atoms with E-state index >= 15 is 0 Å². The maximum absolute atomic E-state index is 13.4. The first-order valence-corrected chi connectivity index (χ1v) is 8.48. The highest BCUT2D eigenvalue weighted by Gasteiger charge is 2.21. The third-order valence-corrected chi connectivity index (χ3v) is 4.13. The molecule has 28 heavy (non-hydrogen) atoms. The van der Waals surface area contributed by atoms with Gasteiger partial charge in [-0.3, -0.25) is 9.59 Å². The molecule has 0 aliphatic carbocycles. The van der Waals surface area contributed by atoms with Gasteiger partial charge in [0.05, 0.1) is 21.3 Å². The Morgan fingerprint density at radius 1 is 1.00 bits per heavy atom. The van der Waals surface area contributed by atoms with Crippen LogP contribution in [0.3, 0.4) is 0 Å². The number of carbonyl (C=O) groups excluding carboxylic acids is 2. The summed E-state index contributed by atoms with van der Waals surface area (Å²) in [7, 11) is 4.34. The predicted molar refractivity (Wildman–Crippen MR) is 103 cm³/mol. The molecule has 8 heteroatoms. The summed E-state index contributed by atoms with van der Waals surface area (Å²) in [5.74, 6) is -0.449. The van der Waals surface area contributed by atoms with Gasteiger partial charge >= 0.3 is 0 Å². The highest BCUT2D eigenvalue weighted by Crippen LogP contribution is 2.38. The average molecular weight is 390 g/mol. The van der Waals surface area contributed by atoms with Crippen LogP contribution in [0.5, 0.6) is 17.2 Å². The second kappa shape index (κ2) is 9.07. The van der Waals surface area contributed by atoms with Crippen LogP contribution in [0.1, 0.15) is 22.8 Å². The Labute approximate surface area is 162 Å². The zero-order chi connectivity index (χ0) is 20.8. The van der Waals surface area contributed by atoms with E-state index in [0.717, 1.165) is 0 Å². The van der Waals surface area contributed by atoms with Gasteiger partial charge < -0.3 is 24.8 Å².